The van der Waals surface area contributed by atoms with Crippen LogP contribution in [0.15, 0.2) is 12.2 Å². The fourth-order valence-electron chi connectivity index (χ4n) is 5.73. The van der Waals surface area contributed by atoms with E-state index in [0.29, 0.717) is 11.5 Å². The Bertz CT molecular complexity index is 1560. The van der Waals surface area contributed by atoms with Gasteiger partial charge < -0.3 is 38.6 Å². The van der Waals surface area contributed by atoms with Crippen molar-refractivity contribution in [3.8, 4) is 0 Å². The molecule has 0 aliphatic heterocycles. The normalized spacial score (nSPS) is 13.6. The van der Waals surface area contributed by atoms with Crippen LogP contribution in [-0.4, -0.2) is 133 Å². The molecule has 0 radical (unpaired) electrons. The first-order valence-corrected chi connectivity index (χ1v) is 21.9. The van der Waals surface area contributed by atoms with Gasteiger partial charge in [-0.2, -0.15) is 23.5 Å². The molecule has 2 N–H and O–H groups in total. The quantitative estimate of drug-likeness (QED) is 0.0298. The van der Waals surface area contributed by atoms with Crippen LogP contribution in [-0.2, 0) is 76.4 Å². The maximum Gasteiger partial charge on any atom is 0.333 e. The molecule has 0 bridgehead atoms. The number of hydrogen-bond acceptors (Lipinski definition) is 18. The van der Waals surface area contributed by atoms with Crippen molar-refractivity contribution in [2.45, 2.75) is 99.3 Å². The van der Waals surface area contributed by atoms with Crippen LogP contribution in [0.5, 0.6) is 0 Å². The van der Waals surface area contributed by atoms with Gasteiger partial charge in [0.15, 0.2) is 0 Å². The minimum Gasteiger partial charge on any atom is -0.481 e. The molecule has 0 rings (SSSR count). The summed E-state index contributed by atoms with van der Waals surface area (Å²) in [6.45, 7) is 11.6. The summed E-state index contributed by atoms with van der Waals surface area (Å²) in [5.41, 5.74) is -4.08. The molecule has 0 aromatic rings. The average Bonchev–Trinajstić information content (AvgIpc) is 3.17. The second kappa shape index (κ2) is 29.0. The standard InChI is InChI=1S/C41H62O18S2/c1-27(2)34(48)57-15-9-10-32(46)55-17-19-59-37(52)39(4,5)24-40(6,36(50)51)25-41(7,38(53)54-8)26-61-21-14-30(43)22-29(42)13-20-60-23-28(3)35(49)58-18-16-56-33(47)12-11-31(44)45/h28H,1,9-26H2,2-8H3,(H,44,45)(H,50,51). The van der Waals surface area contributed by atoms with E-state index in [9.17, 15) is 53.1 Å². The zero-order valence-corrected chi connectivity index (χ0v) is 37.9. The number of ether oxygens (including phenoxy) is 6. The van der Waals surface area contributed by atoms with Gasteiger partial charge in [-0.1, -0.05) is 13.5 Å². The predicted octanol–water partition coefficient (Wildman–Crippen LogP) is 4.41. The largest absolute Gasteiger partial charge is 0.481 e. The number of ketones is 2. The Kier molecular flexibility index (Phi) is 26.8. The maximum atomic E-state index is 13.1. The third kappa shape index (κ3) is 24.5. The lowest BCUT2D eigenvalue weighted by molar-refractivity contribution is -0.166. The Morgan fingerprint density at radius 1 is 0.639 bits per heavy atom. The van der Waals surface area contributed by atoms with Crippen molar-refractivity contribution in [2.24, 2.45) is 22.2 Å². The van der Waals surface area contributed by atoms with E-state index < -0.39 is 69.9 Å². The number of carbonyl (C=O) groups excluding carboxylic acids is 8. The second-order valence-electron chi connectivity index (χ2n) is 15.6. The highest BCUT2D eigenvalue weighted by atomic mass is 32.2. The molecule has 18 nitrogen and oxygen atoms in total. The molecule has 0 heterocycles. The summed E-state index contributed by atoms with van der Waals surface area (Å²) >= 11 is 2.55. The van der Waals surface area contributed by atoms with Gasteiger partial charge in [0.25, 0.3) is 0 Å². The zero-order valence-electron chi connectivity index (χ0n) is 36.3. The van der Waals surface area contributed by atoms with E-state index in [0.717, 1.165) is 0 Å². The summed E-state index contributed by atoms with van der Waals surface area (Å²) in [5, 5.41) is 18.9. The lowest BCUT2D eigenvalue weighted by Crippen LogP contribution is -2.44. The van der Waals surface area contributed by atoms with Crippen molar-refractivity contribution in [1.29, 1.82) is 0 Å². The van der Waals surface area contributed by atoms with Crippen LogP contribution in [0, 0.1) is 22.2 Å². The number of carboxylic acid groups (broad SMARTS) is 2. The first-order valence-electron chi connectivity index (χ1n) is 19.6. The number of carboxylic acids is 2. The third-order valence-electron chi connectivity index (χ3n) is 8.82. The van der Waals surface area contributed by atoms with Gasteiger partial charge in [0.1, 0.15) is 38.0 Å². The van der Waals surface area contributed by atoms with E-state index in [4.69, 9.17) is 33.5 Å². The van der Waals surface area contributed by atoms with Crippen LogP contribution >= 0.6 is 23.5 Å². The van der Waals surface area contributed by atoms with Gasteiger partial charge in [-0.15, -0.1) is 0 Å². The Morgan fingerprint density at radius 3 is 1.72 bits per heavy atom. The highest BCUT2D eigenvalue weighted by Gasteiger charge is 2.49. The molecule has 20 heteroatoms. The van der Waals surface area contributed by atoms with Crippen LogP contribution in [0.25, 0.3) is 0 Å². The molecule has 0 aromatic carbocycles. The van der Waals surface area contributed by atoms with E-state index in [1.54, 1.807) is 13.8 Å². The van der Waals surface area contributed by atoms with E-state index in [1.165, 1.54) is 58.3 Å². The summed E-state index contributed by atoms with van der Waals surface area (Å²) in [6, 6.07) is 0. The molecular weight excluding hydrogens is 845 g/mol. The number of hydrogen-bond donors (Lipinski definition) is 2. The van der Waals surface area contributed by atoms with E-state index >= 15 is 0 Å². The fraction of sp³-hybridized carbons (Fsp3) is 0.707. The minimum atomic E-state index is -1.62. The van der Waals surface area contributed by atoms with Gasteiger partial charge in [0.05, 0.1) is 55.1 Å². The number of carbonyl (C=O) groups is 10. The molecule has 3 atom stereocenters. The molecule has 0 amide bonds. The number of methoxy groups -OCH3 is 1. The van der Waals surface area contributed by atoms with Crippen molar-refractivity contribution in [1.82, 2.24) is 0 Å². The van der Waals surface area contributed by atoms with Crippen LogP contribution in [0.4, 0.5) is 0 Å². The highest BCUT2D eigenvalue weighted by Crippen LogP contribution is 2.45. The summed E-state index contributed by atoms with van der Waals surface area (Å²) in [5.74, 6) is -6.31. The van der Waals surface area contributed by atoms with Gasteiger partial charge >= 0.3 is 47.8 Å². The van der Waals surface area contributed by atoms with E-state index in [-0.39, 0.29) is 119 Å². The first-order chi connectivity index (χ1) is 28.4. The van der Waals surface area contributed by atoms with Crippen molar-refractivity contribution in [3.63, 3.8) is 0 Å². The molecule has 3 unspecified atom stereocenters. The third-order valence-corrected chi connectivity index (χ3v) is 11.4. The van der Waals surface area contributed by atoms with E-state index in [1.807, 2.05) is 0 Å². The Morgan fingerprint density at radius 2 is 1.18 bits per heavy atom. The topological polar surface area (TPSA) is 267 Å². The Balaban J connectivity index is 4.84. The van der Waals surface area contributed by atoms with Crippen LogP contribution in [0.2, 0.25) is 0 Å². The minimum absolute atomic E-state index is 0.00367. The summed E-state index contributed by atoms with van der Waals surface area (Å²) in [7, 11) is 1.17. The van der Waals surface area contributed by atoms with Gasteiger partial charge in [0, 0.05) is 47.8 Å². The molecule has 0 aromatic heterocycles. The molecular formula is C41H62O18S2. The predicted molar refractivity (Wildman–Crippen MR) is 222 cm³/mol. The first kappa shape index (κ1) is 56.5. The molecule has 61 heavy (non-hydrogen) atoms. The summed E-state index contributed by atoms with van der Waals surface area (Å²) < 4.78 is 30.1. The Hall–Kier alpha value is -4.46. The van der Waals surface area contributed by atoms with Crippen molar-refractivity contribution in [2.75, 3.05) is 63.2 Å². The number of thioether (sulfide) groups is 2. The smallest absolute Gasteiger partial charge is 0.333 e. The molecule has 0 fully saturated rings. The lowest BCUT2D eigenvalue weighted by atomic mass is 9.66. The second-order valence-corrected chi connectivity index (χ2v) is 17.9. The summed E-state index contributed by atoms with van der Waals surface area (Å²) in [4.78, 5) is 121. The van der Waals surface area contributed by atoms with Gasteiger partial charge in [-0.05, 0) is 53.9 Å². The van der Waals surface area contributed by atoms with Crippen LogP contribution < -0.4 is 0 Å². The molecule has 0 aliphatic carbocycles. The van der Waals surface area contributed by atoms with Crippen molar-refractivity contribution in [3.05, 3.63) is 12.2 Å². The SMILES string of the molecule is C=C(C)C(=O)OCCCC(=O)OCCOC(=O)C(C)(C)CC(C)(CC(C)(CSCCC(=O)CC(=O)CCSCC(C)C(=O)OCCOC(=O)CCC(=O)O)C(=O)OC)C(=O)O. The fourth-order valence-corrected chi connectivity index (χ4v) is 7.94. The van der Waals surface area contributed by atoms with Crippen molar-refractivity contribution >= 4 is 82.8 Å². The lowest BCUT2D eigenvalue weighted by Gasteiger charge is -2.38. The maximum absolute atomic E-state index is 13.1. The van der Waals surface area contributed by atoms with Gasteiger partial charge in [-0.3, -0.25) is 43.2 Å². The summed E-state index contributed by atoms with van der Waals surface area (Å²) in [6.07, 6.45) is -1.09. The molecule has 0 spiro atoms. The highest BCUT2D eigenvalue weighted by molar-refractivity contribution is 7.99. The zero-order chi connectivity index (χ0) is 46.8. The number of esters is 6. The average molecular weight is 907 g/mol. The van der Waals surface area contributed by atoms with E-state index in [2.05, 4.69) is 6.58 Å². The Labute approximate surface area is 365 Å². The van der Waals surface area contributed by atoms with Gasteiger partial charge in [-0.25, -0.2) is 4.79 Å². The van der Waals surface area contributed by atoms with Crippen molar-refractivity contribution < 1.29 is 86.6 Å². The van der Waals surface area contributed by atoms with Crippen LogP contribution in [0.3, 0.4) is 0 Å². The molecule has 0 saturated heterocycles. The molecule has 346 valence electrons. The molecule has 0 saturated carbocycles. The monoisotopic (exact) mass is 906 g/mol. The van der Waals surface area contributed by atoms with Gasteiger partial charge in [0.2, 0.25) is 0 Å². The molecule has 0 aliphatic rings. The number of rotatable bonds is 34. The number of Topliss-reactive ketones (excluding diaryl/α,β-unsaturated/α-hetero) is 2. The van der Waals surface area contributed by atoms with Crippen LogP contribution in [0.1, 0.15) is 99.3 Å². The number of aliphatic carboxylic acids is 2.